The number of nitrogens with one attached hydrogen (secondary N) is 1. The molecular weight excluding hydrogens is 439 g/mol. The van der Waals surface area contributed by atoms with E-state index in [1.54, 1.807) is 12.1 Å². The molecule has 1 atom stereocenters. The molecule has 3 rings (SSSR count). The van der Waals surface area contributed by atoms with E-state index < -0.39 is 21.8 Å². The maximum Gasteiger partial charge on any atom is 0.243 e. The number of carbonyl (C=O) groups is 1. The standard InChI is InChI=1S/C22H27FN2O6S/c1-29-19-12-21(31-3)20(30-2)11-16(19)13-24-22(26)15-5-4-10-25(14-15)32(27,28)18-8-6-17(23)7-9-18/h6-9,11-12,15H,4-5,10,13-14H2,1-3H3,(H,24,26). The lowest BCUT2D eigenvalue weighted by Gasteiger charge is -2.31. The Morgan fingerprint density at radius 3 is 2.31 bits per heavy atom. The summed E-state index contributed by atoms with van der Waals surface area (Å²) in [4.78, 5) is 12.8. The van der Waals surface area contributed by atoms with Crippen molar-refractivity contribution in [3.63, 3.8) is 0 Å². The third kappa shape index (κ3) is 5.13. The molecule has 1 unspecified atom stereocenters. The lowest BCUT2D eigenvalue weighted by Crippen LogP contribution is -2.45. The molecule has 1 saturated heterocycles. The van der Waals surface area contributed by atoms with Crippen LogP contribution in [0.1, 0.15) is 18.4 Å². The van der Waals surface area contributed by atoms with Crippen LogP contribution in [-0.2, 0) is 21.4 Å². The van der Waals surface area contributed by atoms with Gasteiger partial charge >= 0.3 is 0 Å². The number of rotatable bonds is 8. The van der Waals surface area contributed by atoms with Gasteiger partial charge in [0.2, 0.25) is 15.9 Å². The number of sulfonamides is 1. The van der Waals surface area contributed by atoms with Crippen molar-refractivity contribution in [3.8, 4) is 17.2 Å². The van der Waals surface area contributed by atoms with Crippen LogP contribution in [-0.4, -0.2) is 53.0 Å². The van der Waals surface area contributed by atoms with Crippen LogP contribution in [0.3, 0.4) is 0 Å². The molecule has 0 bridgehead atoms. The van der Waals surface area contributed by atoms with Gasteiger partial charge in [-0.25, -0.2) is 12.8 Å². The van der Waals surface area contributed by atoms with E-state index >= 15 is 0 Å². The zero-order valence-corrected chi connectivity index (χ0v) is 19.1. The third-order valence-corrected chi connectivity index (χ3v) is 7.33. The first kappa shape index (κ1) is 23.8. The number of hydrogen-bond donors (Lipinski definition) is 1. The van der Waals surface area contributed by atoms with Gasteiger partial charge in [0.15, 0.2) is 11.5 Å². The van der Waals surface area contributed by atoms with Crippen molar-refractivity contribution in [1.29, 1.82) is 0 Å². The maximum atomic E-state index is 13.2. The van der Waals surface area contributed by atoms with E-state index in [1.165, 1.54) is 37.8 Å². The Bertz CT molecular complexity index is 1060. The number of ether oxygens (including phenoxy) is 3. The number of piperidine rings is 1. The fourth-order valence-corrected chi connectivity index (χ4v) is 5.21. The molecular formula is C22H27FN2O6S. The van der Waals surface area contributed by atoms with Crippen molar-refractivity contribution in [2.24, 2.45) is 5.92 Å². The summed E-state index contributed by atoms with van der Waals surface area (Å²) < 4.78 is 56.2. The number of carbonyl (C=O) groups excluding carboxylic acids is 1. The van der Waals surface area contributed by atoms with E-state index in [0.717, 1.165) is 12.1 Å². The number of hydrogen-bond acceptors (Lipinski definition) is 6. The van der Waals surface area contributed by atoms with Gasteiger partial charge in [-0.2, -0.15) is 4.31 Å². The van der Waals surface area contributed by atoms with Crippen molar-refractivity contribution in [2.75, 3.05) is 34.4 Å². The molecule has 1 fully saturated rings. The van der Waals surface area contributed by atoms with Gasteiger partial charge in [0, 0.05) is 31.3 Å². The van der Waals surface area contributed by atoms with Crippen LogP contribution < -0.4 is 19.5 Å². The van der Waals surface area contributed by atoms with Crippen molar-refractivity contribution in [1.82, 2.24) is 9.62 Å². The van der Waals surface area contributed by atoms with E-state index in [-0.39, 0.29) is 23.9 Å². The molecule has 1 heterocycles. The highest BCUT2D eigenvalue weighted by Gasteiger charge is 2.33. The van der Waals surface area contributed by atoms with Gasteiger partial charge in [-0.15, -0.1) is 0 Å². The monoisotopic (exact) mass is 466 g/mol. The van der Waals surface area contributed by atoms with Crippen molar-refractivity contribution < 1.29 is 31.8 Å². The van der Waals surface area contributed by atoms with Gasteiger partial charge in [0.25, 0.3) is 0 Å². The van der Waals surface area contributed by atoms with Crippen LogP contribution >= 0.6 is 0 Å². The highest BCUT2D eigenvalue weighted by atomic mass is 32.2. The molecule has 2 aromatic rings. The second-order valence-electron chi connectivity index (χ2n) is 7.39. The third-order valence-electron chi connectivity index (χ3n) is 5.45. The van der Waals surface area contributed by atoms with Crippen LogP contribution in [0.25, 0.3) is 0 Å². The number of benzene rings is 2. The molecule has 1 aliphatic heterocycles. The summed E-state index contributed by atoms with van der Waals surface area (Å²) in [5.74, 6) is 0.295. The summed E-state index contributed by atoms with van der Waals surface area (Å²) in [6, 6.07) is 8.09. The van der Waals surface area contributed by atoms with Gasteiger partial charge in [-0.1, -0.05) is 0 Å². The van der Waals surface area contributed by atoms with Crippen LogP contribution in [0.4, 0.5) is 4.39 Å². The van der Waals surface area contributed by atoms with Crippen LogP contribution in [0, 0.1) is 11.7 Å². The molecule has 0 saturated carbocycles. The summed E-state index contributed by atoms with van der Waals surface area (Å²) in [6.07, 6.45) is 1.13. The lowest BCUT2D eigenvalue weighted by atomic mass is 9.98. The van der Waals surface area contributed by atoms with Crippen LogP contribution in [0.5, 0.6) is 17.2 Å². The van der Waals surface area contributed by atoms with Crippen LogP contribution in [0.2, 0.25) is 0 Å². The Balaban J connectivity index is 1.69. The minimum atomic E-state index is -3.80. The minimum absolute atomic E-state index is 0.00928. The Morgan fingerprint density at radius 1 is 1.06 bits per heavy atom. The highest BCUT2D eigenvalue weighted by Crippen LogP contribution is 2.34. The average Bonchev–Trinajstić information content (AvgIpc) is 2.82. The summed E-state index contributed by atoms with van der Waals surface area (Å²) in [7, 11) is 0.756. The van der Waals surface area contributed by atoms with Gasteiger partial charge in [-0.05, 0) is 43.2 Å². The van der Waals surface area contributed by atoms with E-state index in [0.29, 0.717) is 42.2 Å². The van der Waals surface area contributed by atoms with Crippen molar-refractivity contribution in [2.45, 2.75) is 24.3 Å². The van der Waals surface area contributed by atoms with Gasteiger partial charge in [0.05, 0.1) is 32.1 Å². The summed E-state index contributed by atoms with van der Waals surface area (Å²) in [5, 5.41) is 2.87. The first-order valence-corrected chi connectivity index (χ1v) is 11.6. The smallest absolute Gasteiger partial charge is 0.243 e. The Hall–Kier alpha value is -2.85. The molecule has 0 aliphatic carbocycles. The molecule has 2 aromatic carbocycles. The largest absolute Gasteiger partial charge is 0.496 e. The lowest BCUT2D eigenvalue weighted by molar-refractivity contribution is -0.126. The van der Waals surface area contributed by atoms with E-state index in [1.807, 2.05) is 0 Å². The van der Waals surface area contributed by atoms with Crippen LogP contribution in [0.15, 0.2) is 41.3 Å². The number of amides is 1. The molecule has 8 nitrogen and oxygen atoms in total. The molecule has 32 heavy (non-hydrogen) atoms. The first-order valence-electron chi connectivity index (χ1n) is 10.1. The highest BCUT2D eigenvalue weighted by molar-refractivity contribution is 7.89. The van der Waals surface area contributed by atoms with Crippen molar-refractivity contribution in [3.05, 3.63) is 47.8 Å². The summed E-state index contributed by atoms with van der Waals surface area (Å²) >= 11 is 0. The topological polar surface area (TPSA) is 94.2 Å². The molecule has 174 valence electrons. The second kappa shape index (κ2) is 10.2. The normalized spacial score (nSPS) is 16.9. The summed E-state index contributed by atoms with van der Waals surface area (Å²) in [5.41, 5.74) is 0.699. The molecule has 1 N–H and O–H groups in total. The molecule has 0 spiro atoms. The molecule has 0 radical (unpaired) electrons. The van der Waals surface area contributed by atoms with Crippen molar-refractivity contribution >= 4 is 15.9 Å². The first-order chi connectivity index (χ1) is 15.3. The molecule has 1 amide bonds. The number of halogens is 1. The Morgan fingerprint density at radius 2 is 1.69 bits per heavy atom. The predicted molar refractivity (Wildman–Crippen MR) is 116 cm³/mol. The summed E-state index contributed by atoms with van der Waals surface area (Å²) in [6.45, 7) is 0.561. The van der Waals surface area contributed by atoms with Gasteiger partial charge in [0.1, 0.15) is 11.6 Å². The number of methoxy groups -OCH3 is 3. The zero-order chi connectivity index (χ0) is 23.3. The minimum Gasteiger partial charge on any atom is -0.496 e. The maximum absolute atomic E-state index is 13.2. The second-order valence-corrected chi connectivity index (χ2v) is 9.33. The molecule has 0 aromatic heterocycles. The quantitative estimate of drug-likeness (QED) is 0.643. The molecule has 1 aliphatic rings. The van der Waals surface area contributed by atoms with E-state index in [9.17, 15) is 17.6 Å². The number of nitrogens with zero attached hydrogens (tertiary/aromatic N) is 1. The predicted octanol–water partition coefficient (Wildman–Crippen LogP) is 2.57. The molecule has 10 heteroatoms. The fourth-order valence-electron chi connectivity index (χ4n) is 3.69. The van der Waals surface area contributed by atoms with E-state index in [4.69, 9.17) is 14.2 Å². The Kier molecular flexibility index (Phi) is 7.57. The van der Waals surface area contributed by atoms with E-state index in [2.05, 4.69) is 5.32 Å². The SMILES string of the molecule is COc1cc(OC)c(OC)cc1CNC(=O)C1CCCN(S(=O)(=O)c2ccc(F)cc2)C1. The average molecular weight is 467 g/mol. The zero-order valence-electron chi connectivity index (χ0n) is 18.3. The fraction of sp³-hybridized carbons (Fsp3) is 0.409. The van der Waals surface area contributed by atoms with Gasteiger partial charge < -0.3 is 19.5 Å². The Labute approximate surface area is 187 Å². The van der Waals surface area contributed by atoms with Gasteiger partial charge in [-0.3, -0.25) is 4.79 Å².